The Morgan fingerprint density at radius 2 is 1.52 bits per heavy atom. The van der Waals surface area contributed by atoms with Crippen LogP contribution in [0.1, 0.15) is 11.1 Å². The molecule has 0 heterocycles. The average molecular weight is 390 g/mol. The Morgan fingerprint density at radius 1 is 0.963 bits per heavy atom. The molecule has 1 unspecified atom stereocenters. The Bertz CT molecular complexity index is 690. The third-order valence-electron chi connectivity index (χ3n) is 3.68. The van der Waals surface area contributed by atoms with Crippen LogP contribution in [0.15, 0.2) is 59.5 Å². The van der Waals surface area contributed by atoms with E-state index < -0.39 is 11.9 Å². The first-order valence-electron chi connectivity index (χ1n) is 8.62. The zero-order valence-electron chi connectivity index (χ0n) is 16.0. The van der Waals surface area contributed by atoms with Crippen molar-refractivity contribution in [2.24, 2.45) is 5.92 Å². The Morgan fingerprint density at radius 3 is 2.00 bits per heavy atom. The quantitative estimate of drug-likeness (QED) is 0.556. The van der Waals surface area contributed by atoms with Crippen LogP contribution in [0, 0.1) is 12.8 Å². The van der Waals surface area contributed by atoms with Crippen LogP contribution in [0.25, 0.3) is 0 Å². The van der Waals surface area contributed by atoms with Crippen molar-refractivity contribution in [3.63, 3.8) is 0 Å². The van der Waals surface area contributed by atoms with E-state index in [4.69, 9.17) is 19.8 Å². The summed E-state index contributed by atoms with van der Waals surface area (Å²) in [6.07, 6.45) is 1.15. The third-order valence-corrected chi connectivity index (χ3v) is 4.92. The Hall–Kier alpha value is -2.31. The summed E-state index contributed by atoms with van der Waals surface area (Å²) in [5.74, 6) is -1.81. The summed E-state index contributed by atoms with van der Waals surface area (Å²) in [5.41, 5.74) is 2.77. The van der Waals surface area contributed by atoms with E-state index in [1.165, 1.54) is 16.0 Å². The number of rotatable bonds is 7. The summed E-state index contributed by atoms with van der Waals surface area (Å²) < 4.78 is 0. The molecule has 0 saturated carbocycles. The number of hydrogen-bond donors (Lipinski definition) is 2. The van der Waals surface area contributed by atoms with Crippen molar-refractivity contribution < 1.29 is 19.8 Å². The van der Waals surface area contributed by atoms with E-state index >= 15 is 0 Å². The second-order valence-corrected chi connectivity index (χ2v) is 7.65. The molecule has 0 bridgehead atoms. The number of carbonyl (C=O) groups is 2. The highest BCUT2D eigenvalue weighted by Crippen LogP contribution is 2.23. The van der Waals surface area contributed by atoms with Gasteiger partial charge in [-0.3, -0.25) is 0 Å². The van der Waals surface area contributed by atoms with Gasteiger partial charge in [-0.15, -0.1) is 11.8 Å². The SMILES string of the molecule is Cc1ccc(SCC(Cc2ccccc2)CN(C)C)cc1.O=C(O)C(=O)O. The summed E-state index contributed by atoms with van der Waals surface area (Å²) >= 11 is 1.97. The van der Waals surface area contributed by atoms with E-state index in [1.54, 1.807) is 0 Å². The van der Waals surface area contributed by atoms with Gasteiger partial charge in [0.05, 0.1) is 0 Å². The molecule has 0 spiro atoms. The Kier molecular flexibility index (Phi) is 10.2. The van der Waals surface area contributed by atoms with Crippen molar-refractivity contribution in [2.75, 3.05) is 26.4 Å². The van der Waals surface area contributed by atoms with Crippen molar-refractivity contribution in [1.29, 1.82) is 0 Å². The number of nitrogens with zero attached hydrogens (tertiary/aromatic N) is 1. The van der Waals surface area contributed by atoms with Gasteiger partial charge in [-0.25, -0.2) is 9.59 Å². The molecule has 2 aromatic carbocycles. The van der Waals surface area contributed by atoms with Crippen LogP contribution in [0.5, 0.6) is 0 Å². The smallest absolute Gasteiger partial charge is 0.414 e. The van der Waals surface area contributed by atoms with E-state index in [1.807, 2.05) is 11.8 Å². The van der Waals surface area contributed by atoms with Crippen LogP contribution in [0.2, 0.25) is 0 Å². The maximum absolute atomic E-state index is 9.10. The molecule has 2 N–H and O–H groups in total. The minimum atomic E-state index is -1.82. The van der Waals surface area contributed by atoms with Crippen LogP contribution >= 0.6 is 11.8 Å². The molecule has 1 atom stereocenters. The van der Waals surface area contributed by atoms with Crippen LogP contribution in [0.3, 0.4) is 0 Å². The molecule has 6 heteroatoms. The second kappa shape index (κ2) is 12.1. The molecular formula is C21H27NO4S. The van der Waals surface area contributed by atoms with E-state index in [2.05, 4.69) is 80.5 Å². The third kappa shape index (κ3) is 10.4. The molecule has 0 aliphatic carbocycles. The van der Waals surface area contributed by atoms with Gasteiger partial charge in [0.25, 0.3) is 0 Å². The van der Waals surface area contributed by atoms with E-state index in [0.717, 1.165) is 18.7 Å². The van der Waals surface area contributed by atoms with Gasteiger partial charge in [-0.2, -0.15) is 0 Å². The van der Waals surface area contributed by atoms with Gasteiger partial charge in [0, 0.05) is 17.2 Å². The minimum absolute atomic E-state index is 0.675. The molecule has 0 fully saturated rings. The van der Waals surface area contributed by atoms with Crippen LogP contribution < -0.4 is 0 Å². The van der Waals surface area contributed by atoms with Gasteiger partial charge < -0.3 is 15.1 Å². The number of aryl methyl sites for hydroxylation is 1. The van der Waals surface area contributed by atoms with Crippen LogP contribution in [0.4, 0.5) is 0 Å². The molecule has 0 saturated heterocycles. The maximum Gasteiger partial charge on any atom is 0.414 e. The maximum atomic E-state index is 9.10. The summed E-state index contributed by atoms with van der Waals surface area (Å²) in [6.45, 7) is 3.27. The largest absolute Gasteiger partial charge is 0.473 e. The van der Waals surface area contributed by atoms with Gasteiger partial charge >= 0.3 is 11.9 Å². The van der Waals surface area contributed by atoms with Crippen LogP contribution in [-0.2, 0) is 16.0 Å². The fourth-order valence-electron chi connectivity index (χ4n) is 2.49. The highest BCUT2D eigenvalue weighted by atomic mass is 32.2. The van der Waals surface area contributed by atoms with Crippen molar-refractivity contribution in [1.82, 2.24) is 4.90 Å². The Labute approximate surface area is 165 Å². The van der Waals surface area contributed by atoms with Crippen molar-refractivity contribution in [3.8, 4) is 0 Å². The van der Waals surface area contributed by atoms with Crippen molar-refractivity contribution in [3.05, 3.63) is 65.7 Å². The molecule has 5 nitrogen and oxygen atoms in total. The van der Waals surface area contributed by atoms with E-state index in [9.17, 15) is 0 Å². The fourth-order valence-corrected chi connectivity index (χ4v) is 3.47. The lowest BCUT2D eigenvalue weighted by molar-refractivity contribution is -0.159. The number of carboxylic acids is 2. The zero-order chi connectivity index (χ0) is 20.2. The lowest BCUT2D eigenvalue weighted by Crippen LogP contribution is -2.25. The van der Waals surface area contributed by atoms with E-state index in [-0.39, 0.29) is 0 Å². The monoisotopic (exact) mass is 389 g/mol. The molecule has 0 radical (unpaired) electrons. The van der Waals surface area contributed by atoms with Gasteiger partial charge in [0.1, 0.15) is 0 Å². The molecular weight excluding hydrogens is 362 g/mol. The first-order valence-corrected chi connectivity index (χ1v) is 9.60. The van der Waals surface area contributed by atoms with Gasteiger partial charge in [0.2, 0.25) is 0 Å². The standard InChI is InChI=1S/C19H25NS.C2H2O4/c1-16-9-11-19(12-10-16)21-15-18(14-20(2)3)13-17-7-5-4-6-8-17;3-1(4)2(5)6/h4-12,18H,13-15H2,1-3H3;(H,3,4)(H,5,6). The first kappa shape index (κ1) is 22.7. The normalized spacial score (nSPS) is 11.4. The molecule has 27 heavy (non-hydrogen) atoms. The zero-order valence-corrected chi connectivity index (χ0v) is 16.8. The van der Waals surface area contributed by atoms with Crippen molar-refractivity contribution in [2.45, 2.75) is 18.2 Å². The number of aliphatic carboxylic acids is 2. The van der Waals surface area contributed by atoms with Gasteiger partial charge in [0.15, 0.2) is 0 Å². The van der Waals surface area contributed by atoms with Crippen molar-refractivity contribution >= 4 is 23.7 Å². The molecule has 2 aromatic rings. The summed E-state index contributed by atoms with van der Waals surface area (Å²) in [7, 11) is 4.32. The molecule has 0 aliphatic rings. The number of carboxylic acid groups (broad SMARTS) is 2. The number of hydrogen-bond acceptors (Lipinski definition) is 4. The molecule has 2 rings (SSSR count). The summed E-state index contributed by atoms with van der Waals surface area (Å²) in [6, 6.07) is 19.7. The van der Waals surface area contributed by atoms with Gasteiger partial charge in [-0.1, -0.05) is 48.0 Å². The topological polar surface area (TPSA) is 77.8 Å². The minimum Gasteiger partial charge on any atom is -0.473 e. The predicted octanol–water partition coefficient (Wildman–Crippen LogP) is 3.66. The molecule has 0 aliphatic heterocycles. The predicted molar refractivity (Wildman–Crippen MR) is 109 cm³/mol. The summed E-state index contributed by atoms with van der Waals surface area (Å²) in [5, 5.41) is 14.8. The molecule has 146 valence electrons. The first-order chi connectivity index (χ1) is 12.8. The fraction of sp³-hybridized carbons (Fsp3) is 0.333. The molecule has 0 amide bonds. The van der Waals surface area contributed by atoms with E-state index in [0.29, 0.717) is 5.92 Å². The Balaban J connectivity index is 0.000000527. The average Bonchev–Trinajstić information content (AvgIpc) is 2.62. The lowest BCUT2D eigenvalue weighted by atomic mass is 10.0. The highest BCUT2D eigenvalue weighted by Gasteiger charge is 2.12. The highest BCUT2D eigenvalue weighted by molar-refractivity contribution is 7.99. The van der Waals surface area contributed by atoms with Crippen LogP contribution in [-0.4, -0.2) is 53.4 Å². The van der Waals surface area contributed by atoms with Gasteiger partial charge in [-0.05, 0) is 51.1 Å². The summed E-state index contributed by atoms with van der Waals surface area (Å²) in [4.78, 5) is 21.9. The second-order valence-electron chi connectivity index (χ2n) is 6.55. The molecule has 0 aromatic heterocycles. The number of thioether (sulfide) groups is 1. The lowest BCUT2D eigenvalue weighted by Gasteiger charge is -2.21. The number of benzene rings is 2.